The molecular formula is C52H68F3N7O6Si. The minimum absolute atomic E-state index is 0.0571. The highest BCUT2D eigenvalue weighted by Gasteiger charge is 2.50. The predicted octanol–water partition coefficient (Wildman–Crippen LogP) is 9.92. The normalized spacial score (nSPS) is 21.7. The van der Waals surface area contributed by atoms with Crippen molar-refractivity contribution in [3.63, 3.8) is 0 Å². The maximum absolute atomic E-state index is 18.4. The maximum atomic E-state index is 18.4. The van der Waals surface area contributed by atoms with Crippen LogP contribution in [0, 0.1) is 23.1 Å². The Hall–Kier alpha value is -5.18. The van der Waals surface area contributed by atoms with Crippen LogP contribution in [0.1, 0.15) is 110 Å². The van der Waals surface area contributed by atoms with Gasteiger partial charge in [-0.05, 0) is 93.2 Å². The van der Waals surface area contributed by atoms with Gasteiger partial charge in [-0.2, -0.15) is 9.97 Å². The molecular weight excluding hydrogens is 904 g/mol. The van der Waals surface area contributed by atoms with Gasteiger partial charge in [-0.3, -0.25) is 14.6 Å². The number of hydrogen-bond acceptors (Lipinski definition) is 11. The number of methoxy groups -OCH3 is 1. The van der Waals surface area contributed by atoms with Gasteiger partial charge in [0.2, 0.25) is 0 Å². The first-order chi connectivity index (χ1) is 32.6. The van der Waals surface area contributed by atoms with E-state index in [1.165, 1.54) is 18.1 Å². The van der Waals surface area contributed by atoms with E-state index in [0.717, 1.165) is 19.4 Å². The van der Waals surface area contributed by atoms with Crippen LogP contribution in [0.15, 0.2) is 24.3 Å². The Balaban J connectivity index is 1.38. The number of anilines is 1. The number of pyridine rings is 1. The number of carbonyl (C=O) groups is 2. The van der Waals surface area contributed by atoms with Gasteiger partial charge in [0, 0.05) is 58.2 Å². The second-order valence-electron chi connectivity index (χ2n) is 21.6. The van der Waals surface area contributed by atoms with Gasteiger partial charge in [-0.25, -0.2) is 22.9 Å². The number of halogens is 3. The summed E-state index contributed by atoms with van der Waals surface area (Å²) in [6.45, 7) is 20.1. The van der Waals surface area contributed by atoms with Gasteiger partial charge in [-0.15, -0.1) is 5.54 Å². The molecule has 0 aliphatic carbocycles. The standard InChI is InChI=1S/C52H68F3N7O6Si/c1-30(2)69(31(3)4,32(5)6)21-18-38-40(54)17-14-33-22-37(67-29-65-12)23-39(41(33)38)44-43(55)45-42(46(56-44)48(63)59(10)11)47(58-49(57-45)66-28-52-19-13-20-61(52)25-34(53)24-52)60-26-35-15-16-36(27-60)62(35)50(64)68-51(7,8)9/h14,17,22-23,30-32,34-36H,13,15-16,19-20,24-29H2,1-12H3/t34-,35?,36?,52+/m1/s1. The lowest BCUT2D eigenvalue weighted by molar-refractivity contribution is 0.0122. The number of piperazine rings is 1. The first-order valence-corrected chi connectivity index (χ1v) is 26.6. The fourth-order valence-electron chi connectivity index (χ4n) is 11.8. The van der Waals surface area contributed by atoms with Crippen molar-refractivity contribution in [3.8, 4) is 34.5 Å². The van der Waals surface area contributed by atoms with Crippen LogP contribution < -0.4 is 14.4 Å². The molecule has 8 rings (SSSR count). The van der Waals surface area contributed by atoms with Crippen LogP contribution in [0.4, 0.5) is 23.8 Å². The maximum Gasteiger partial charge on any atom is 0.410 e. The van der Waals surface area contributed by atoms with E-state index in [-0.39, 0.29) is 93.1 Å². The SMILES string of the molecule is COCOc1cc(-c2nc(C(=O)N(C)C)c3c(N4CC5CCC(C4)N5C(=O)OC(C)(C)C)nc(OC[C@@]45CCCN4C[C@H](F)C5)nc3c2F)c2c(C#C[Si](C(C)C)(C(C)C)C(C)C)c(F)ccc2c1. The van der Waals surface area contributed by atoms with Gasteiger partial charge in [0.25, 0.3) is 5.91 Å². The van der Waals surface area contributed by atoms with Gasteiger partial charge in [0.1, 0.15) is 60.7 Å². The van der Waals surface area contributed by atoms with Crippen LogP contribution >= 0.6 is 0 Å². The third kappa shape index (κ3) is 9.33. The molecule has 13 nitrogen and oxygen atoms in total. The number of benzene rings is 2. The fraction of sp³-hybridized carbons (Fsp3) is 0.596. The van der Waals surface area contributed by atoms with Crippen molar-refractivity contribution < 1.29 is 41.7 Å². The monoisotopic (exact) mass is 971 g/mol. The van der Waals surface area contributed by atoms with E-state index < -0.39 is 49.0 Å². The minimum Gasteiger partial charge on any atom is -0.468 e. The second-order valence-corrected chi connectivity index (χ2v) is 27.2. The molecule has 4 fully saturated rings. The topological polar surface area (TPSA) is 123 Å². The molecule has 4 atom stereocenters. The number of alkyl halides is 1. The van der Waals surface area contributed by atoms with E-state index in [1.807, 2.05) is 25.7 Å². The summed E-state index contributed by atoms with van der Waals surface area (Å²) in [5.74, 6) is 1.77. The van der Waals surface area contributed by atoms with Crippen molar-refractivity contribution in [1.29, 1.82) is 0 Å². The Morgan fingerprint density at radius 3 is 2.25 bits per heavy atom. The first kappa shape index (κ1) is 50.2. The fourth-order valence-corrected chi connectivity index (χ4v) is 17.1. The summed E-state index contributed by atoms with van der Waals surface area (Å²) in [7, 11) is 2.23. The molecule has 0 N–H and O–H groups in total. The highest BCUT2D eigenvalue weighted by Crippen LogP contribution is 2.45. The minimum atomic E-state index is -2.41. The van der Waals surface area contributed by atoms with E-state index in [0.29, 0.717) is 49.7 Å². The van der Waals surface area contributed by atoms with Crippen molar-refractivity contribution in [2.75, 3.05) is 65.7 Å². The Kier molecular flexibility index (Phi) is 14.0. The number of ether oxygens (including phenoxy) is 4. The van der Waals surface area contributed by atoms with E-state index in [2.05, 4.69) is 57.9 Å². The number of rotatable bonds is 12. The average molecular weight is 972 g/mol. The molecule has 6 heterocycles. The molecule has 2 unspecified atom stereocenters. The second kappa shape index (κ2) is 19.2. The summed E-state index contributed by atoms with van der Waals surface area (Å²) in [5.41, 5.74) is 2.67. The number of carbonyl (C=O) groups excluding carboxylic acids is 2. The van der Waals surface area contributed by atoms with Gasteiger partial charge < -0.3 is 28.7 Å². The van der Waals surface area contributed by atoms with Crippen molar-refractivity contribution in [2.45, 2.75) is 140 Å². The van der Waals surface area contributed by atoms with Gasteiger partial charge in [0.05, 0.1) is 28.6 Å². The molecule has 0 saturated carbocycles. The summed E-state index contributed by atoms with van der Waals surface area (Å²) in [6, 6.07) is 5.53. The summed E-state index contributed by atoms with van der Waals surface area (Å²) < 4.78 is 73.6. The molecule has 2 aromatic heterocycles. The zero-order valence-electron chi connectivity index (χ0n) is 42.3. The summed E-state index contributed by atoms with van der Waals surface area (Å²) >= 11 is 0. The molecule has 69 heavy (non-hydrogen) atoms. The van der Waals surface area contributed by atoms with Gasteiger partial charge in [0.15, 0.2) is 12.6 Å². The number of nitrogens with zero attached hydrogens (tertiary/aromatic N) is 7. The third-order valence-electron chi connectivity index (χ3n) is 14.9. The van der Waals surface area contributed by atoms with E-state index in [1.54, 1.807) is 37.2 Å². The molecule has 4 aromatic rings. The summed E-state index contributed by atoms with van der Waals surface area (Å²) in [6.07, 6.45) is 1.86. The van der Waals surface area contributed by atoms with Crippen LogP contribution in [-0.4, -0.2) is 140 Å². The van der Waals surface area contributed by atoms with E-state index in [4.69, 9.17) is 33.9 Å². The van der Waals surface area contributed by atoms with Crippen molar-refractivity contribution in [3.05, 3.63) is 47.2 Å². The Bertz CT molecular complexity index is 2670. The van der Waals surface area contributed by atoms with Crippen molar-refractivity contribution >= 4 is 47.6 Å². The number of aromatic nitrogens is 3. The summed E-state index contributed by atoms with van der Waals surface area (Å²) in [4.78, 5) is 50.1. The van der Waals surface area contributed by atoms with Crippen molar-refractivity contribution in [2.24, 2.45) is 0 Å². The van der Waals surface area contributed by atoms with Crippen LogP contribution in [0.5, 0.6) is 11.8 Å². The molecule has 0 spiro atoms. The molecule has 4 aliphatic rings. The number of hydrogen-bond donors (Lipinski definition) is 0. The van der Waals surface area contributed by atoms with Gasteiger partial charge in [-0.1, -0.05) is 53.5 Å². The zero-order valence-corrected chi connectivity index (χ0v) is 43.3. The Morgan fingerprint density at radius 1 is 0.942 bits per heavy atom. The molecule has 2 bridgehead atoms. The van der Waals surface area contributed by atoms with Crippen LogP contribution in [0.25, 0.3) is 32.9 Å². The smallest absolute Gasteiger partial charge is 0.410 e. The van der Waals surface area contributed by atoms with Gasteiger partial charge >= 0.3 is 12.1 Å². The zero-order chi connectivity index (χ0) is 49.9. The largest absolute Gasteiger partial charge is 0.468 e. The molecule has 2 aromatic carbocycles. The molecule has 4 aliphatic heterocycles. The molecule has 372 valence electrons. The molecule has 0 radical (unpaired) electrons. The van der Waals surface area contributed by atoms with Crippen molar-refractivity contribution in [1.82, 2.24) is 29.7 Å². The summed E-state index contributed by atoms with van der Waals surface area (Å²) in [5, 5.41) is 0.857. The number of amides is 2. The highest BCUT2D eigenvalue weighted by atomic mass is 28.3. The lowest BCUT2D eigenvalue weighted by Crippen LogP contribution is -2.57. The predicted molar refractivity (Wildman–Crippen MR) is 264 cm³/mol. The molecule has 4 saturated heterocycles. The Morgan fingerprint density at radius 2 is 1.62 bits per heavy atom. The third-order valence-corrected chi connectivity index (χ3v) is 21.2. The average Bonchev–Trinajstić information content (AvgIpc) is 3.90. The van der Waals surface area contributed by atoms with Crippen LogP contribution in [0.3, 0.4) is 0 Å². The molecule has 2 amide bonds. The lowest BCUT2D eigenvalue weighted by atomic mass is 9.95. The van der Waals surface area contributed by atoms with E-state index in [9.17, 15) is 14.0 Å². The molecule has 17 heteroatoms. The quantitative estimate of drug-likeness (QED) is 0.0766. The first-order valence-electron chi connectivity index (χ1n) is 24.4. The lowest BCUT2D eigenvalue weighted by Gasteiger charge is -2.42. The van der Waals surface area contributed by atoms with Crippen LogP contribution in [-0.2, 0) is 9.47 Å². The van der Waals surface area contributed by atoms with E-state index >= 15 is 8.78 Å². The Labute approximate surface area is 405 Å². The van der Waals surface area contributed by atoms with Crippen LogP contribution in [0.2, 0.25) is 16.6 Å². The number of fused-ring (bicyclic) bond motifs is 5. The highest BCUT2D eigenvalue weighted by molar-refractivity contribution is 6.90.